The molecule has 0 radical (unpaired) electrons. The summed E-state index contributed by atoms with van der Waals surface area (Å²) >= 11 is 5.65. The summed E-state index contributed by atoms with van der Waals surface area (Å²) < 4.78 is 0. The largest absolute Gasteiger partial charge is 0.323 e. The van der Waals surface area contributed by atoms with Gasteiger partial charge in [-0.3, -0.25) is 5.84 Å². The van der Waals surface area contributed by atoms with Gasteiger partial charge in [0.05, 0.1) is 11.3 Å². The highest BCUT2D eigenvalue weighted by Crippen LogP contribution is 2.18. The predicted molar refractivity (Wildman–Crippen MR) is 51.2 cm³/mol. The molecule has 0 bridgehead atoms. The number of hydrogen-bond acceptors (Lipinski definition) is 3. The third kappa shape index (κ3) is 2.28. The first-order chi connectivity index (χ1) is 5.27. The molecule has 0 aliphatic rings. The van der Waals surface area contributed by atoms with E-state index in [4.69, 9.17) is 22.7 Å². The van der Waals surface area contributed by atoms with Crippen molar-refractivity contribution in [3.63, 3.8) is 0 Å². The van der Waals surface area contributed by atoms with Crippen LogP contribution in [0.2, 0.25) is 5.02 Å². The van der Waals surface area contributed by atoms with Gasteiger partial charge in [0, 0.05) is 5.02 Å². The Labute approximate surface area is 81.5 Å². The van der Waals surface area contributed by atoms with Crippen molar-refractivity contribution in [3.8, 4) is 6.07 Å². The second-order valence-corrected chi connectivity index (χ2v) is 2.38. The van der Waals surface area contributed by atoms with E-state index in [9.17, 15) is 0 Å². The molecule has 1 aromatic carbocycles. The Balaban J connectivity index is 0.00000121. The van der Waals surface area contributed by atoms with Gasteiger partial charge in [-0.25, -0.2) is 0 Å². The first-order valence-corrected chi connectivity index (χ1v) is 3.32. The molecule has 0 unspecified atom stereocenters. The third-order valence-electron chi connectivity index (χ3n) is 1.26. The minimum Gasteiger partial charge on any atom is -0.323 e. The molecule has 64 valence electrons. The van der Waals surface area contributed by atoms with Gasteiger partial charge in [-0.1, -0.05) is 11.6 Å². The molecule has 1 rings (SSSR count). The van der Waals surface area contributed by atoms with E-state index in [2.05, 4.69) is 5.43 Å². The van der Waals surface area contributed by atoms with Crippen LogP contribution in [0.5, 0.6) is 0 Å². The molecule has 3 nitrogen and oxygen atoms in total. The molecule has 0 aromatic heterocycles. The van der Waals surface area contributed by atoms with E-state index in [-0.39, 0.29) is 12.4 Å². The molecule has 12 heavy (non-hydrogen) atoms. The van der Waals surface area contributed by atoms with Gasteiger partial charge >= 0.3 is 0 Å². The number of rotatable bonds is 1. The van der Waals surface area contributed by atoms with Crippen molar-refractivity contribution in [2.75, 3.05) is 5.43 Å². The topological polar surface area (TPSA) is 61.8 Å². The number of nitrogens with one attached hydrogen (secondary N) is 1. The molecule has 0 spiro atoms. The van der Waals surface area contributed by atoms with Gasteiger partial charge < -0.3 is 5.43 Å². The van der Waals surface area contributed by atoms with Crippen molar-refractivity contribution in [3.05, 3.63) is 28.8 Å². The minimum absolute atomic E-state index is 0. The monoisotopic (exact) mass is 203 g/mol. The van der Waals surface area contributed by atoms with Crippen LogP contribution in [0.1, 0.15) is 5.56 Å². The van der Waals surface area contributed by atoms with E-state index < -0.39 is 0 Å². The number of halogens is 2. The Kier molecular flexibility index (Phi) is 4.45. The van der Waals surface area contributed by atoms with Crippen molar-refractivity contribution in [1.82, 2.24) is 0 Å². The van der Waals surface area contributed by atoms with Crippen molar-refractivity contribution in [1.29, 1.82) is 5.26 Å². The smallest absolute Gasteiger partial charge is 0.101 e. The molecular weight excluding hydrogens is 197 g/mol. The summed E-state index contributed by atoms with van der Waals surface area (Å²) in [4.78, 5) is 0. The maximum Gasteiger partial charge on any atom is 0.101 e. The summed E-state index contributed by atoms with van der Waals surface area (Å²) in [6.45, 7) is 0. The second kappa shape index (κ2) is 4.83. The van der Waals surface area contributed by atoms with Crippen molar-refractivity contribution in [2.24, 2.45) is 5.84 Å². The Morgan fingerprint density at radius 1 is 1.50 bits per heavy atom. The number of nitriles is 1. The number of nitrogens with zero attached hydrogens (tertiary/aromatic N) is 1. The summed E-state index contributed by atoms with van der Waals surface area (Å²) in [5.41, 5.74) is 3.41. The Morgan fingerprint density at radius 2 is 2.17 bits per heavy atom. The van der Waals surface area contributed by atoms with Crippen LogP contribution in [0.3, 0.4) is 0 Å². The SMILES string of the molecule is Cl.N#Cc1ccc(Cl)cc1NN. The molecule has 0 heterocycles. The van der Waals surface area contributed by atoms with Crippen LogP contribution < -0.4 is 11.3 Å². The zero-order valence-corrected chi connectivity index (χ0v) is 7.62. The lowest BCUT2D eigenvalue weighted by Gasteiger charge is -2.01. The fourth-order valence-electron chi connectivity index (χ4n) is 0.733. The molecule has 0 atom stereocenters. The summed E-state index contributed by atoms with van der Waals surface area (Å²) in [5, 5.41) is 9.10. The van der Waals surface area contributed by atoms with E-state index >= 15 is 0 Å². The van der Waals surface area contributed by atoms with Crippen LogP contribution in [0.4, 0.5) is 5.69 Å². The first-order valence-electron chi connectivity index (χ1n) is 2.94. The minimum atomic E-state index is 0. The standard InChI is InChI=1S/C7H6ClN3.ClH/c8-6-2-1-5(4-9)7(3-6)11-10;/h1-3,11H,10H2;1H. The molecule has 0 aliphatic heterocycles. The van der Waals surface area contributed by atoms with Crippen LogP contribution in [0.15, 0.2) is 18.2 Å². The summed E-state index contributed by atoms with van der Waals surface area (Å²) in [6, 6.07) is 6.82. The fraction of sp³-hybridized carbons (Fsp3) is 0. The molecule has 3 N–H and O–H groups in total. The van der Waals surface area contributed by atoms with Gasteiger partial charge in [-0.2, -0.15) is 5.26 Å². The van der Waals surface area contributed by atoms with E-state index in [0.717, 1.165) is 0 Å². The van der Waals surface area contributed by atoms with Gasteiger partial charge in [0.1, 0.15) is 6.07 Å². The number of nitrogen functional groups attached to an aromatic ring is 1. The lowest BCUT2D eigenvalue weighted by atomic mass is 10.2. The molecule has 5 heteroatoms. The van der Waals surface area contributed by atoms with Crippen molar-refractivity contribution < 1.29 is 0 Å². The number of hydrogen-bond donors (Lipinski definition) is 2. The zero-order valence-electron chi connectivity index (χ0n) is 6.04. The first kappa shape index (κ1) is 11.1. The van der Waals surface area contributed by atoms with Gasteiger partial charge in [0.15, 0.2) is 0 Å². The predicted octanol–water partition coefficient (Wildman–Crippen LogP) is 1.92. The van der Waals surface area contributed by atoms with Crippen LogP contribution >= 0.6 is 24.0 Å². The number of anilines is 1. The maximum atomic E-state index is 8.55. The van der Waals surface area contributed by atoms with Crippen LogP contribution in [-0.2, 0) is 0 Å². The lowest BCUT2D eigenvalue weighted by molar-refractivity contribution is 1.33. The lowest BCUT2D eigenvalue weighted by Crippen LogP contribution is -2.08. The van der Waals surface area contributed by atoms with Gasteiger partial charge in [-0.05, 0) is 18.2 Å². The molecule has 0 saturated carbocycles. The molecule has 0 fully saturated rings. The highest BCUT2D eigenvalue weighted by Gasteiger charge is 1.99. The highest BCUT2D eigenvalue weighted by molar-refractivity contribution is 6.30. The molecule has 0 aliphatic carbocycles. The quantitative estimate of drug-likeness (QED) is 0.542. The van der Waals surface area contributed by atoms with Gasteiger partial charge in [-0.15, -0.1) is 12.4 Å². The normalized spacial score (nSPS) is 8.08. The van der Waals surface area contributed by atoms with Crippen LogP contribution in [-0.4, -0.2) is 0 Å². The average Bonchev–Trinajstić information content (AvgIpc) is 2.04. The van der Waals surface area contributed by atoms with E-state index in [0.29, 0.717) is 16.3 Å². The van der Waals surface area contributed by atoms with Crippen LogP contribution in [0.25, 0.3) is 0 Å². The highest BCUT2D eigenvalue weighted by atomic mass is 35.5. The number of nitrogens with two attached hydrogens (primary N) is 1. The summed E-state index contributed by atoms with van der Waals surface area (Å²) in [6.07, 6.45) is 0. The van der Waals surface area contributed by atoms with Crippen LogP contribution in [0, 0.1) is 11.3 Å². The molecule has 0 amide bonds. The van der Waals surface area contributed by atoms with Crippen molar-refractivity contribution in [2.45, 2.75) is 0 Å². The van der Waals surface area contributed by atoms with E-state index in [1.807, 2.05) is 6.07 Å². The Bertz CT molecular complexity index is 306. The average molecular weight is 204 g/mol. The third-order valence-corrected chi connectivity index (χ3v) is 1.49. The Morgan fingerprint density at radius 3 is 2.67 bits per heavy atom. The summed E-state index contributed by atoms with van der Waals surface area (Å²) in [5.74, 6) is 5.14. The molecule has 0 saturated heterocycles. The zero-order chi connectivity index (χ0) is 8.27. The number of benzene rings is 1. The summed E-state index contributed by atoms with van der Waals surface area (Å²) in [7, 11) is 0. The maximum absolute atomic E-state index is 8.55. The second-order valence-electron chi connectivity index (χ2n) is 1.95. The van der Waals surface area contributed by atoms with Gasteiger partial charge in [0.2, 0.25) is 0 Å². The van der Waals surface area contributed by atoms with Gasteiger partial charge in [0.25, 0.3) is 0 Å². The number of hydrazine groups is 1. The molecule has 1 aromatic rings. The molecular formula is C7H7Cl2N3. The van der Waals surface area contributed by atoms with Crippen molar-refractivity contribution >= 4 is 29.7 Å². The fourth-order valence-corrected chi connectivity index (χ4v) is 0.905. The Hall–Kier alpha value is -0.950. The van der Waals surface area contributed by atoms with E-state index in [1.165, 1.54) is 0 Å². The van der Waals surface area contributed by atoms with E-state index in [1.54, 1.807) is 18.2 Å².